The first kappa shape index (κ1) is 21.7. The Hall–Kier alpha value is -3.52. The summed E-state index contributed by atoms with van der Waals surface area (Å²) in [7, 11) is -4.26. The van der Waals surface area contributed by atoms with Crippen LogP contribution in [0.4, 0.5) is 8.78 Å². The van der Waals surface area contributed by atoms with Gasteiger partial charge in [0.05, 0.1) is 10.9 Å². The molecule has 1 unspecified atom stereocenters. The van der Waals surface area contributed by atoms with Crippen LogP contribution in [0.2, 0.25) is 0 Å². The minimum atomic E-state index is -4.26. The summed E-state index contributed by atoms with van der Waals surface area (Å²) in [5.74, 6) is -2.75. The fourth-order valence-corrected chi connectivity index (χ4v) is 5.32. The second-order valence-corrected chi connectivity index (χ2v) is 9.46. The predicted octanol–water partition coefficient (Wildman–Crippen LogP) is 4.60. The van der Waals surface area contributed by atoms with Crippen LogP contribution in [0.3, 0.4) is 0 Å². The van der Waals surface area contributed by atoms with Gasteiger partial charge < -0.3 is 10.0 Å². The molecule has 0 radical (unpaired) electrons. The lowest BCUT2D eigenvalue weighted by Gasteiger charge is -2.27. The number of hydrogen-bond donors (Lipinski definition) is 1. The number of hydrogen-bond acceptors (Lipinski definition) is 4. The number of aryl methyl sites for hydroxylation is 1. The van der Waals surface area contributed by atoms with Gasteiger partial charge in [-0.2, -0.15) is 0 Å². The molecule has 0 aliphatic carbocycles. The summed E-state index contributed by atoms with van der Waals surface area (Å²) in [4.78, 5) is 13.6. The van der Waals surface area contributed by atoms with E-state index in [0.717, 1.165) is 17.7 Å². The number of sulfone groups is 1. The van der Waals surface area contributed by atoms with Crippen LogP contribution in [0.5, 0.6) is 0 Å². The lowest BCUT2D eigenvalue weighted by Crippen LogP contribution is -2.30. The van der Waals surface area contributed by atoms with Crippen LogP contribution in [-0.4, -0.2) is 24.3 Å². The van der Waals surface area contributed by atoms with Crippen molar-refractivity contribution in [3.8, 4) is 0 Å². The van der Waals surface area contributed by atoms with Gasteiger partial charge in [0, 0.05) is 6.54 Å². The minimum absolute atomic E-state index is 0.0757. The van der Waals surface area contributed by atoms with Crippen molar-refractivity contribution in [1.29, 1.82) is 0 Å². The summed E-state index contributed by atoms with van der Waals surface area (Å²) in [5, 5.41) is 10.7. The third kappa shape index (κ3) is 3.89. The molecule has 1 heterocycles. The molecular weight excluding hydrogens is 436 g/mol. The molecule has 8 heteroatoms. The van der Waals surface area contributed by atoms with E-state index in [4.69, 9.17) is 0 Å². The van der Waals surface area contributed by atoms with Gasteiger partial charge in [0.15, 0.2) is 5.76 Å². The second kappa shape index (κ2) is 8.20. The molecule has 164 valence electrons. The van der Waals surface area contributed by atoms with Gasteiger partial charge in [0.1, 0.15) is 16.5 Å². The average Bonchev–Trinajstić information content (AvgIpc) is 3.01. The van der Waals surface area contributed by atoms with Gasteiger partial charge in [0.25, 0.3) is 5.91 Å². The number of aliphatic hydroxyl groups excluding tert-OH is 1. The summed E-state index contributed by atoms with van der Waals surface area (Å²) in [6.07, 6.45) is 0. The van der Waals surface area contributed by atoms with Crippen molar-refractivity contribution >= 4 is 15.7 Å². The Labute approximate surface area is 184 Å². The molecule has 1 N–H and O–H groups in total. The zero-order valence-electron chi connectivity index (χ0n) is 17.0. The van der Waals surface area contributed by atoms with E-state index in [9.17, 15) is 27.1 Å². The molecule has 0 spiro atoms. The summed E-state index contributed by atoms with van der Waals surface area (Å²) in [5.41, 5.74) is 1.70. The van der Waals surface area contributed by atoms with Crippen LogP contribution >= 0.6 is 0 Å². The normalized spacial score (nSPS) is 16.7. The van der Waals surface area contributed by atoms with Gasteiger partial charge in [-0.1, -0.05) is 42.0 Å². The van der Waals surface area contributed by atoms with Crippen molar-refractivity contribution in [2.24, 2.45) is 0 Å². The number of benzene rings is 3. The number of rotatable bonds is 5. The highest BCUT2D eigenvalue weighted by atomic mass is 32.2. The largest absolute Gasteiger partial charge is 0.502 e. The number of nitrogens with zero attached hydrogens (tertiary/aromatic N) is 1. The topological polar surface area (TPSA) is 74.7 Å². The van der Waals surface area contributed by atoms with Crippen molar-refractivity contribution in [1.82, 2.24) is 4.90 Å². The maximum Gasteiger partial charge on any atom is 0.290 e. The molecule has 4 rings (SSSR count). The molecule has 0 fully saturated rings. The molecule has 1 atom stereocenters. The summed E-state index contributed by atoms with van der Waals surface area (Å²) in [6.45, 7) is 1.72. The fraction of sp³-hybridized carbons (Fsp3) is 0.125. The second-order valence-electron chi connectivity index (χ2n) is 7.54. The SMILES string of the molecule is Cc1ccc(S(=O)(=O)C2=C(O)C(=O)N(Cc3ccc(F)cc3)C2c2ccc(F)cc2)cc1. The number of carbonyl (C=O) groups excluding carboxylic acids is 1. The Bertz CT molecular complexity index is 1300. The monoisotopic (exact) mass is 455 g/mol. The first-order valence-electron chi connectivity index (χ1n) is 9.74. The first-order valence-corrected chi connectivity index (χ1v) is 11.2. The Kier molecular flexibility index (Phi) is 5.56. The van der Waals surface area contributed by atoms with Gasteiger partial charge in [-0.15, -0.1) is 0 Å². The van der Waals surface area contributed by atoms with Crippen LogP contribution in [0, 0.1) is 18.6 Å². The van der Waals surface area contributed by atoms with Crippen LogP contribution < -0.4 is 0 Å². The fourth-order valence-electron chi connectivity index (χ4n) is 3.67. The van der Waals surface area contributed by atoms with E-state index in [2.05, 4.69) is 0 Å². The zero-order chi connectivity index (χ0) is 23.0. The quantitative estimate of drug-likeness (QED) is 0.610. The maximum absolute atomic E-state index is 13.5. The van der Waals surface area contributed by atoms with Crippen LogP contribution in [0.1, 0.15) is 22.7 Å². The molecule has 3 aromatic rings. The van der Waals surface area contributed by atoms with E-state index in [0.29, 0.717) is 11.1 Å². The van der Waals surface area contributed by atoms with Crippen LogP contribution in [0.25, 0.3) is 0 Å². The van der Waals surface area contributed by atoms with E-state index >= 15 is 0 Å². The number of carbonyl (C=O) groups is 1. The predicted molar refractivity (Wildman–Crippen MR) is 114 cm³/mol. The van der Waals surface area contributed by atoms with E-state index in [-0.39, 0.29) is 11.4 Å². The van der Waals surface area contributed by atoms with E-state index in [1.165, 1.54) is 53.4 Å². The van der Waals surface area contributed by atoms with E-state index < -0.39 is 44.1 Å². The van der Waals surface area contributed by atoms with Gasteiger partial charge in [-0.3, -0.25) is 4.79 Å². The van der Waals surface area contributed by atoms with Crippen molar-refractivity contribution in [3.63, 3.8) is 0 Å². The Morgan fingerprint density at radius 3 is 1.97 bits per heavy atom. The molecule has 32 heavy (non-hydrogen) atoms. The van der Waals surface area contributed by atoms with Crippen molar-refractivity contribution < 1.29 is 27.1 Å². The maximum atomic E-state index is 13.5. The van der Waals surface area contributed by atoms with E-state index in [1.54, 1.807) is 19.1 Å². The molecule has 0 bridgehead atoms. The van der Waals surface area contributed by atoms with Crippen molar-refractivity contribution in [2.45, 2.75) is 24.4 Å². The Morgan fingerprint density at radius 1 is 0.875 bits per heavy atom. The van der Waals surface area contributed by atoms with Crippen LogP contribution in [-0.2, 0) is 21.2 Å². The standard InChI is InChI=1S/C24H19F2NO4S/c1-15-2-12-20(13-3-15)32(30,31)23-21(17-6-10-19(26)11-7-17)27(24(29)22(23)28)14-16-4-8-18(25)9-5-16/h2-13,21,28H,14H2,1H3. The highest BCUT2D eigenvalue weighted by Gasteiger charge is 2.46. The molecule has 0 saturated carbocycles. The lowest BCUT2D eigenvalue weighted by atomic mass is 10.1. The summed E-state index contributed by atoms with van der Waals surface area (Å²) in [6, 6.07) is 15.3. The molecule has 1 aliphatic heterocycles. The smallest absolute Gasteiger partial charge is 0.290 e. The molecule has 3 aromatic carbocycles. The average molecular weight is 455 g/mol. The third-order valence-corrected chi connectivity index (χ3v) is 7.22. The Morgan fingerprint density at radius 2 is 1.41 bits per heavy atom. The summed E-state index contributed by atoms with van der Waals surface area (Å²) < 4.78 is 53.8. The zero-order valence-corrected chi connectivity index (χ0v) is 17.8. The van der Waals surface area contributed by atoms with Gasteiger partial charge in [-0.25, -0.2) is 17.2 Å². The Balaban J connectivity index is 1.84. The van der Waals surface area contributed by atoms with Gasteiger partial charge in [-0.05, 0) is 54.4 Å². The molecular formula is C24H19F2NO4S. The van der Waals surface area contributed by atoms with E-state index in [1.807, 2.05) is 0 Å². The highest BCUT2D eigenvalue weighted by molar-refractivity contribution is 7.95. The van der Waals surface area contributed by atoms with Gasteiger partial charge >= 0.3 is 0 Å². The van der Waals surface area contributed by atoms with Crippen LogP contribution in [0.15, 0.2) is 88.4 Å². The molecule has 1 aliphatic rings. The lowest BCUT2D eigenvalue weighted by molar-refractivity contribution is -0.130. The molecule has 1 amide bonds. The minimum Gasteiger partial charge on any atom is -0.502 e. The van der Waals surface area contributed by atoms with Gasteiger partial charge in [0.2, 0.25) is 9.84 Å². The molecule has 0 saturated heterocycles. The van der Waals surface area contributed by atoms with Crippen molar-refractivity contribution in [3.05, 3.63) is 112 Å². The number of halogens is 2. The first-order chi connectivity index (χ1) is 15.2. The number of aliphatic hydroxyl groups is 1. The summed E-state index contributed by atoms with van der Waals surface area (Å²) >= 11 is 0. The molecule has 5 nitrogen and oxygen atoms in total. The van der Waals surface area contributed by atoms with Crippen molar-refractivity contribution in [2.75, 3.05) is 0 Å². The molecule has 0 aromatic heterocycles. The highest BCUT2D eigenvalue weighted by Crippen LogP contribution is 2.43. The number of amides is 1. The third-order valence-electron chi connectivity index (χ3n) is 5.33.